The number of rotatable bonds is 8. The first kappa shape index (κ1) is 22.6. The minimum Gasteiger partial charge on any atom is -0.339 e. The molecule has 9 nitrogen and oxygen atoms in total. The molecule has 4 fully saturated rings. The van der Waals surface area contributed by atoms with Gasteiger partial charge in [-0.15, -0.1) is 10.2 Å². The summed E-state index contributed by atoms with van der Waals surface area (Å²) in [5, 5.41) is 12.1. The number of nitrogens with zero attached hydrogens (tertiary/aromatic N) is 5. The van der Waals surface area contributed by atoms with Crippen molar-refractivity contribution >= 4 is 10.0 Å². The molecule has 0 saturated heterocycles. The first-order valence-corrected chi connectivity index (χ1v) is 14.9. The topological polar surface area (TPSA) is 116 Å². The molecule has 2 unspecified atom stereocenters. The third-order valence-electron chi connectivity index (χ3n) is 8.43. The quantitative estimate of drug-likeness (QED) is 0.464. The van der Waals surface area contributed by atoms with Crippen LogP contribution in [0.3, 0.4) is 0 Å². The van der Waals surface area contributed by atoms with Crippen molar-refractivity contribution in [3.63, 3.8) is 0 Å². The summed E-state index contributed by atoms with van der Waals surface area (Å²) < 4.78 is 38.7. The highest BCUT2D eigenvalue weighted by Gasteiger charge is 2.39. The molecule has 10 heteroatoms. The maximum absolute atomic E-state index is 14.0. The fourth-order valence-electron chi connectivity index (χ4n) is 5.90. The number of sulfonamides is 1. The van der Waals surface area contributed by atoms with E-state index in [4.69, 9.17) is 9.51 Å². The molecule has 4 saturated carbocycles. The van der Waals surface area contributed by atoms with Gasteiger partial charge in [0.05, 0.1) is 4.90 Å². The summed E-state index contributed by atoms with van der Waals surface area (Å²) >= 11 is 0. The van der Waals surface area contributed by atoms with Gasteiger partial charge in [0.15, 0.2) is 0 Å². The van der Waals surface area contributed by atoms with Crippen LogP contribution in [0.25, 0.3) is 11.4 Å². The largest absolute Gasteiger partial charge is 0.339 e. The van der Waals surface area contributed by atoms with Gasteiger partial charge in [-0.1, -0.05) is 11.6 Å². The molecule has 3 aromatic rings. The highest BCUT2D eigenvalue weighted by Crippen LogP contribution is 2.50. The molecule has 190 valence electrons. The third kappa shape index (κ3) is 4.28. The van der Waals surface area contributed by atoms with Gasteiger partial charge in [0.25, 0.3) is 0 Å². The second-order valence-electron chi connectivity index (χ2n) is 11.2. The van der Waals surface area contributed by atoms with Crippen molar-refractivity contribution in [2.24, 2.45) is 0 Å². The lowest BCUT2D eigenvalue weighted by Crippen LogP contribution is -2.39. The van der Waals surface area contributed by atoms with Crippen molar-refractivity contribution in [2.45, 2.75) is 105 Å². The van der Waals surface area contributed by atoms with Crippen LogP contribution in [-0.2, 0) is 10.0 Å². The van der Waals surface area contributed by atoms with Crippen molar-refractivity contribution in [1.29, 1.82) is 0 Å². The first-order chi connectivity index (χ1) is 17.5. The molecule has 0 amide bonds. The molecule has 0 aliphatic heterocycles. The Labute approximate surface area is 211 Å². The van der Waals surface area contributed by atoms with E-state index in [0.29, 0.717) is 16.6 Å². The van der Waals surface area contributed by atoms with E-state index in [9.17, 15) is 8.42 Å². The second kappa shape index (κ2) is 8.76. The highest BCUT2D eigenvalue weighted by atomic mass is 32.2. The average molecular weight is 509 g/mol. The summed E-state index contributed by atoms with van der Waals surface area (Å²) in [6, 6.07) is 4.16. The molecular formula is C26H32N6O3S. The number of hydrogen-bond acceptors (Lipinski definition) is 7. The third-order valence-corrected chi connectivity index (χ3v) is 10.1. The lowest BCUT2D eigenvalue weighted by Gasteiger charge is -2.30. The summed E-state index contributed by atoms with van der Waals surface area (Å²) in [7, 11) is -3.68. The molecule has 0 radical (unpaired) electrons. The Morgan fingerprint density at radius 2 is 1.53 bits per heavy atom. The molecule has 36 heavy (non-hydrogen) atoms. The molecule has 1 N–H and O–H groups in total. The van der Waals surface area contributed by atoms with E-state index in [2.05, 4.69) is 20.1 Å². The zero-order valence-corrected chi connectivity index (χ0v) is 21.2. The summed E-state index contributed by atoms with van der Waals surface area (Å²) in [6.07, 6.45) is 14.5. The SMILES string of the molecule is O=S(=O)(NC1CCCC(n2cnnc2)C1)c1c(C2CC2)cc(-c2noc(C3CCC3)n2)cc1C1CC1. The van der Waals surface area contributed by atoms with Gasteiger partial charge in [-0.05, 0) is 99.3 Å². The Bertz CT molecular complexity index is 1320. The second-order valence-corrected chi connectivity index (χ2v) is 12.8. The van der Waals surface area contributed by atoms with E-state index in [0.717, 1.165) is 86.8 Å². The van der Waals surface area contributed by atoms with Crippen LogP contribution < -0.4 is 4.72 Å². The molecule has 4 aliphatic rings. The van der Waals surface area contributed by atoms with Gasteiger partial charge in [0.2, 0.25) is 21.7 Å². The number of aromatic nitrogens is 5. The maximum Gasteiger partial charge on any atom is 0.241 e. The Kier molecular flexibility index (Phi) is 5.50. The van der Waals surface area contributed by atoms with Crippen LogP contribution in [0.15, 0.2) is 34.2 Å². The van der Waals surface area contributed by atoms with Crippen LogP contribution in [-0.4, -0.2) is 39.4 Å². The van der Waals surface area contributed by atoms with Crippen molar-refractivity contribution < 1.29 is 12.9 Å². The summed E-state index contributed by atoms with van der Waals surface area (Å²) in [5.41, 5.74) is 2.75. The molecule has 2 heterocycles. The van der Waals surface area contributed by atoms with E-state index in [1.807, 2.05) is 16.7 Å². The van der Waals surface area contributed by atoms with Gasteiger partial charge in [0, 0.05) is 23.6 Å². The standard InChI is InChI=1S/C26H32N6O3S/c33-36(34,31-20-5-2-6-21(13-20)32-14-27-28-15-32)24-22(16-7-8-16)11-19(12-23(24)17-9-10-17)25-29-26(35-30-25)18-3-1-4-18/h11-12,14-18,20-21,31H,1-10,13H2. The highest BCUT2D eigenvalue weighted by molar-refractivity contribution is 7.89. The van der Waals surface area contributed by atoms with E-state index in [1.54, 1.807) is 12.7 Å². The fraction of sp³-hybridized carbons (Fsp3) is 0.615. The minimum absolute atomic E-state index is 0.0998. The van der Waals surface area contributed by atoms with Crippen LogP contribution in [0.4, 0.5) is 0 Å². The number of nitrogens with one attached hydrogen (secondary N) is 1. The van der Waals surface area contributed by atoms with Crippen LogP contribution in [0.2, 0.25) is 0 Å². The van der Waals surface area contributed by atoms with Gasteiger partial charge in [-0.25, -0.2) is 13.1 Å². The summed E-state index contributed by atoms with van der Waals surface area (Å²) in [5.74, 6) is 2.24. The van der Waals surface area contributed by atoms with Crippen molar-refractivity contribution in [1.82, 2.24) is 29.6 Å². The Balaban J connectivity index is 1.22. The fourth-order valence-corrected chi connectivity index (χ4v) is 7.74. The minimum atomic E-state index is -3.68. The van der Waals surface area contributed by atoms with Crippen LogP contribution >= 0.6 is 0 Å². The predicted molar refractivity (Wildman–Crippen MR) is 132 cm³/mol. The van der Waals surface area contributed by atoms with Crippen LogP contribution in [0.1, 0.15) is 111 Å². The van der Waals surface area contributed by atoms with Crippen LogP contribution in [0.5, 0.6) is 0 Å². The molecule has 0 spiro atoms. The van der Waals surface area contributed by atoms with E-state index < -0.39 is 10.0 Å². The lowest BCUT2D eigenvalue weighted by atomic mass is 9.85. The summed E-state index contributed by atoms with van der Waals surface area (Å²) in [4.78, 5) is 5.23. The first-order valence-electron chi connectivity index (χ1n) is 13.4. The van der Waals surface area contributed by atoms with Gasteiger partial charge < -0.3 is 9.09 Å². The van der Waals surface area contributed by atoms with Crippen molar-refractivity contribution in [2.75, 3.05) is 0 Å². The Morgan fingerprint density at radius 3 is 2.14 bits per heavy atom. The van der Waals surface area contributed by atoms with Gasteiger partial charge in [-0.2, -0.15) is 4.98 Å². The Morgan fingerprint density at radius 1 is 0.861 bits per heavy atom. The van der Waals surface area contributed by atoms with Crippen LogP contribution in [0, 0.1) is 0 Å². The van der Waals surface area contributed by atoms with E-state index >= 15 is 0 Å². The molecule has 7 rings (SSSR count). The number of benzene rings is 1. The molecule has 0 bridgehead atoms. The molecule has 2 aromatic heterocycles. The van der Waals surface area contributed by atoms with Gasteiger partial charge in [0.1, 0.15) is 12.7 Å². The normalized spacial score (nSPS) is 25.1. The maximum atomic E-state index is 14.0. The number of hydrogen-bond donors (Lipinski definition) is 1. The van der Waals surface area contributed by atoms with Gasteiger partial charge >= 0.3 is 0 Å². The van der Waals surface area contributed by atoms with E-state index in [-0.39, 0.29) is 23.9 Å². The zero-order valence-electron chi connectivity index (χ0n) is 20.3. The molecular weight excluding hydrogens is 476 g/mol. The zero-order chi connectivity index (χ0) is 24.3. The monoisotopic (exact) mass is 508 g/mol. The van der Waals surface area contributed by atoms with Gasteiger partial charge in [-0.3, -0.25) is 0 Å². The summed E-state index contributed by atoms with van der Waals surface area (Å²) in [6.45, 7) is 0. The smallest absolute Gasteiger partial charge is 0.241 e. The van der Waals surface area contributed by atoms with Crippen molar-refractivity contribution in [3.05, 3.63) is 41.8 Å². The molecule has 2 atom stereocenters. The Hall–Kier alpha value is -2.59. The van der Waals surface area contributed by atoms with E-state index in [1.165, 1.54) is 6.42 Å². The van der Waals surface area contributed by atoms with Crippen molar-refractivity contribution in [3.8, 4) is 11.4 Å². The lowest BCUT2D eigenvalue weighted by molar-refractivity contribution is 0.292. The average Bonchev–Trinajstić information content (AvgIpc) is 3.76. The molecule has 4 aliphatic carbocycles. The predicted octanol–water partition coefficient (Wildman–Crippen LogP) is 4.81. The molecule has 1 aromatic carbocycles.